The Kier molecular flexibility index (Phi) is 4.43. The van der Waals surface area contributed by atoms with Gasteiger partial charge in [-0.15, -0.1) is 0 Å². The van der Waals surface area contributed by atoms with E-state index in [1.807, 2.05) is 6.07 Å². The van der Waals surface area contributed by atoms with Crippen LogP contribution in [-0.4, -0.2) is 7.11 Å². The van der Waals surface area contributed by atoms with Gasteiger partial charge in [-0.25, -0.2) is 8.78 Å². The van der Waals surface area contributed by atoms with Gasteiger partial charge in [-0.05, 0) is 78.9 Å². The second-order valence-corrected chi connectivity index (χ2v) is 8.13. The van der Waals surface area contributed by atoms with Crippen LogP contribution in [0.4, 0.5) is 8.78 Å². The molecule has 1 nitrogen and oxygen atoms in total. The summed E-state index contributed by atoms with van der Waals surface area (Å²) >= 11 is 0. The molecule has 0 aromatic heterocycles. The lowest BCUT2D eigenvalue weighted by molar-refractivity contribution is 0.124. The zero-order valence-corrected chi connectivity index (χ0v) is 15.0. The van der Waals surface area contributed by atoms with Crippen molar-refractivity contribution in [3.05, 3.63) is 41.5 Å². The van der Waals surface area contributed by atoms with E-state index in [1.165, 1.54) is 32.8 Å². The van der Waals surface area contributed by atoms with Gasteiger partial charge in [0.25, 0.3) is 0 Å². The Bertz CT molecular complexity index is 785. The van der Waals surface area contributed by atoms with Crippen molar-refractivity contribution < 1.29 is 13.5 Å². The highest BCUT2D eigenvalue weighted by molar-refractivity contribution is 5.86. The molecule has 0 N–H and O–H groups in total. The summed E-state index contributed by atoms with van der Waals surface area (Å²) in [5, 5.41) is 0.677. The summed E-state index contributed by atoms with van der Waals surface area (Å²) < 4.78 is 34.0. The van der Waals surface area contributed by atoms with Crippen LogP contribution in [0.15, 0.2) is 24.3 Å². The van der Waals surface area contributed by atoms with Crippen molar-refractivity contribution in [1.29, 1.82) is 0 Å². The summed E-state index contributed by atoms with van der Waals surface area (Å²) in [5.41, 5.74) is 1.03. The SMILES string of the molecule is COc1ccc2cc([C@@H]3CC[C@@H]4CC(C)CCC4C3)cc(F)c2c1F. The molecule has 0 saturated heterocycles. The van der Waals surface area contributed by atoms with E-state index in [1.54, 1.807) is 18.2 Å². The van der Waals surface area contributed by atoms with E-state index in [9.17, 15) is 8.78 Å². The maximum atomic E-state index is 14.7. The molecule has 2 aromatic carbocycles. The average Bonchev–Trinajstić information content (AvgIpc) is 2.61. The monoisotopic (exact) mass is 344 g/mol. The number of rotatable bonds is 2. The van der Waals surface area contributed by atoms with Crippen LogP contribution in [0.25, 0.3) is 10.8 Å². The van der Waals surface area contributed by atoms with Crippen molar-refractivity contribution >= 4 is 10.8 Å². The Morgan fingerprint density at radius 2 is 1.72 bits per heavy atom. The lowest BCUT2D eigenvalue weighted by Gasteiger charge is -2.41. The van der Waals surface area contributed by atoms with Gasteiger partial charge in [0.2, 0.25) is 0 Å². The van der Waals surface area contributed by atoms with Gasteiger partial charge in [-0.3, -0.25) is 0 Å². The van der Waals surface area contributed by atoms with Gasteiger partial charge in [0.05, 0.1) is 12.5 Å². The van der Waals surface area contributed by atoms with Crippen LogP contribution in [0.5, 0.6) is 5.75 Å². The summed E-state index contributed by atoms with van der Waals surface area (Å²) in [6.07, 6.45) is 7.51. The summed E-state index contributed by atoms with van der Waals surface area (Å²) in [7, 11) is 1.40. The van der Waals surface area contributed by atoms with Crippen LogP contribution < -0.4 is 4.74 Å². The molecule has 2 aliphatic carbocycles. The number of methoxy groups -OCH3 is 1. The Morgan fingerprint density at radius 3 is 2.52 bits per heavy atom. The van der Waals surface area contributed by atoms with Crippen molar-refractivity contribution in [2.45, 2.75) is 51.4 Å². The summed E-state index contributed by atoms with van der Waals surface area (Å²) in [6.45, 7) is 2.36. The molecule has 4 atom stereocenters. The molecule has 0 aliphatic heterocycles. The predicted octanol–water partition coefficient (Wildman–Crippen LogP) is 6.45. The first-order valence-corrected chi connectivity index (χ1v) is 9.52. The minimum atomic E-state index is -0.603. The third-order valence-corrected chi connectivity index (χ3v) is 6.56. The molecule has 0 spiro atoms. The molecule has 2 aliphatic rings. The molecule has 2 unspecified atom stereocenters. The molecular weight excluding hydrogens is 318 g/mol. The first kappa shape index (κ1) is 16.8. The average molecular weight is 344 g/mol. The third kappa shape index (κ3) is 3.02. The van der Waals surface area contributed by atoms with Gasteiger partial charge in [-0.2, -0.15) is 0 Å². The Hall–Kier alpha value is -1.64. The van der Waals surface area contributed by atoms with Gasteiger partial charge >= 0.3 is 0 Å². The van der Waals surface area contributed by atoms with E-state index >= 15 is 0 Å². The van der Waals surface area contributed by atoms with Crippen molar-refractivity contribution in [2.75, 3.05) is 7.11 Å². The minimum absolute atomic E-state index is 0.0447. The number of ether oxygens (including phenoxy) is 1. The molecule has 4 rings (SSSR count). The molecule has 0 amide bonds. The van der Waals surface area contributed by atoms with Gasteiger partial charge in [0.1, 0.15) is 5.82 Å². The third-order valence-electron chi connectivity index (χ3n) is 6.56. The molecule has 2 aromatic rings. The maximum absolute atomic E-state index is 14.7. The summed E-state index contributed by atoms with van der Waals surface area (Å²) in [5.74, 6) is 1.91. The summed E-state index contributed by atoms with van der Waals surface area (Å²) in [6, 6.07) is 6.89. The molecule has 2 fully saturated rings. The van der Waals surface area contributed by atoms with Gasteiger partial charge in [0, 0.05) is 0 Å². The smallest absolute Gasteiger partial charge is 0.175 e. The predicted molar refractivity (Wildman–Crippen MR) is 97.0 cm³/mol. The Labute approximate surface area is 148 Å². The summed E-state index contributed by atoms with van der Waals surface area (Å²) in [4.78, 5) is 0. The highest BCUT2D eigenvalue weighted by Crippen LogP contribution is 2.48. The molecule has 0 bridgehead atoms. The first-order chi connectivity index (χ1) is 12.1. The van der Waals surface area contributed by atoms with E-state index in [-0.39, 0.29) is 11.1 Å². The van der Waals surface area contributed by atoms with Crippen LogP contribution in [0.3, 0.4) is 0 Å². The van der Waals surface area contributed by atoms with Gasteiger partial charge < -0.3 is 4.74 Å². The molecule has 3 heteroatoms. The van der Waals surface area contributed by atoms with Crippen molar-refractivity contribution in [3.8, 4) is 5.75 Å². The van der Waals surface area contributed by atoms with Gasteiger partial charge in [-0.1, -0.05) is 25.5 Å². The molecule has 2 saturated carbocycles. The van der Waals surface area contributed by atoms with Crippen LogP contribution in [0.2, 0.25) is 0 Å². The molecular formula is C22H26F2O. The van der Waals surface area contributed by atoms with Gasteiger partial charge in [0.15, 0.2) is 11.6 Å². The van der Waals surface area contributed by atoms with E-state index < -0.39 is 11.6 Å². The van der Waals surface area contributed by atoms with Crippen LogP contribution in [0, 0.1) is 29.4 Å². The lowest BCUT2D eigenvalue weighted by atomic mass is 9.64. The standard InChI is InChI=1S/C22H26F2O/c1-13-3-4-15-10-16(6-5-14(15)9-13)18-11-17-7-8-20(25-2)22(24)21(17)19(23)12-18/h7-8,11-16H,3-6,9-10H2,1-2H3/t13?,14-,15?,16-/m1/s1. The Balaban J connectivity index is 1.64. The van der Waals surface area contributed by atoms with Crippen LogP contribution in [-0.2, 0) is 0 Å². The fourth-order valence-electron chi connectivity index (χ4n) is 5.19. The Morgan fingerprint density at radius 1 is 0.960 bits per heavy atom. The minimum Gasteiger partial charge on any atom is -0.494 e. The second-order valence-electron chi connectivity index (χ2n) is 8.13. The maximum Gasteiger partial charge on any atom is 0.175 e. The van der Waals surface area contributed by atoms with E-state index in [4.69, 9.17) is 4.74 Å². The van der Waals surface area contributed by atoms with Crippen molar-refractivity contribution in [2.24, 2.45) is 17.8 Å². The van der Waals surface area contributed by atoms with E-state index in [0.717, 1.165) is 36.2 Å². The lowest BCUT2D eigenvalue weighted by Crippen LogP contribution is -2.29. The highest BCUT2D eigenvalue weighted by atomic mass is 19.1. The first-order valence-electron chi connectivity index (χ1n) is 9.52. The number of hydrogen-bond donors (Lipinski definition) is 0. The topological polar surface area (TPSA) is 9.23 Å². The van der Waals surface area contributed by atoms with Crippen molar-refractivity contribution in [3.63, 3.8) is 0 Å². The quantitative estimate of drug-likeness (QED) is 0.608. The van der Waals surface area contributed by atoms with E-state index in [2.05, 4.69) is 6.92 Å². The van der Waals surface area contributed by atoms with Crippen molar-refractivity contribution in [1.82, 2.24) is 0 Å². The molecule has 25 heavy (non-hydrogen) atoms. The molecule has 134 valence electrons. The zero-order valence-electron chi connectivity index (χ0n) is 15.0. The fourth-order valence-corrected chi connectivity index (χ4v) is 5.19. The zero-order chi connectivity index (χ0) is 17.6. The van der Waals surface area contributed by atoms with Crippen LogP contribution in [0.1, 0.15) is 56.9 Å². The number of fused-ring (bicyclic) bond motifs is 2. The van der Waals surface area contributed by atoms with Crippen LogP contribution >= 0.6 is 0 Å². The normalized spacial score (nSPS) is 29.4. The number of halogens is 2. The fraction of sp³-hybridized carbons (Fsp3) is 0.545. The molecule has 0 heterocycles. The number of hydrogen-bond acceptors (Lipinski definition) is 1. The largest absolute Gasteiger partial charge is 0.494 e. The second kappa shape index (κ2) is 6.59. The highest BCUT2D eigenvalue weighted by Gasteiger charge is 2.35. The van der Waals surface area contributed by atoms with E-state index in [0.29, 0.717) is 11.3 Å². The molecule has 0 radical (unpaired) electrons. The number of benzene rings is 2.